The molecule has 1 saturated heterocycles. The minimum atomic E-state index is -0.102. The Morgan fingerprint density at radius 1 is 1.17 bits per heavy atom. The van der Waals surface area contributed by atoms with Crippen molar-refractivity contribution >= 4 is 22.5 Å². The summed E-state index contributed by atoms with van der Waals surface area (Å²) >= 11 is 0. The normalized spacial score (nSPS) is 19.6. The molecule has 3 aromatic rings. The number of aromatic nitrogens is 2. The molecule has 0 spiro atoms. The van der Waals surface area contributed by atoms with E-state index >= 15 is 0 Å². The van der Waals surface area contributed by atoms with Gasteiger partial charge in [0.25, 0.3) is 5.91 Å². The monoisotopic (exact) mass is 557 g/mol. The summed E-state index contributed by atoms with van der Waals surface area (Å²) < 4.78 is 6.36. The van der Waals surface area contributed by atoms with Crippen LogP contribution in [0.5, 0.6) is 11.8 Å². The molecule has 8 heteroatoms. The molecule has 3 aliphatic rings. The van der Waals surface area contributed by atoms with Gasteiger partial charge in [-0.1, -0.05) is 39.0 Å². The Labute approximate surface area is 243 Å². The van der Waals surface area contributed by atoms with Crippen molar-refractivity contribution in [3.63, 3.8) is 0 Å². The van der Waals surface area contributed by atoms with Gasteiger partial charge >= 0.3 is 6.01 Å². The smallest absolute Gasteiger partial charge is 0.318 e. The SMILES string of the molecule is CCN(CC)CC1(COc2nc3c(c(N4CCCC(C)C4)n2)CN(C(=O)c2cc(O)cc4cccc(C)c24)C3)CC1. The number of benzene rings is 2. The van der Waals surface area contributed by atoms with E-state index in [2.05, 4.69) is 30.6 Å². The highest BCUT2D eigenvalue weighted by atomic mass is 16.5. The third-order valence-electron chi connectivity index (χ3n) is 9.30. The van der Waals surface area contributed by atoms with Gasteiger partial charge in [-0.15, -0.1) is 0 Å². The highest BCUT2D eigenvalue weighted by Gasteiger charge is 2.45. The number of amides is 1. The Morgan fingerprint density at radius 3 is 2.71 bits per heavy atom. The molecule has 2 aliphatic heterocycles. The van der Waals surface area contributed by atoms with E-state index < -0.39 is 0 Å². The minimum absolute atomic E-state index is 0.0975. The molecule has 0 bridgehead atoms. The molecule has 1 unspecified atom stereocenters. The van der Waals surface area contributed by atoms with Gasteiger partial charge in [-0.3, -0.25) is 4.79 Å². The number of aryl methyl sites for hydroxylation is 1. The van der Waals surface area contributed by atoms with E-state index in [0.717, 1.165) is 72.6 Å². The van der Waals surface area contributed by atoms with E-state index in [-0.39, 0.29) is 17.1 Å². The van der Waals surface area contributed by atoms with E-state index in [1.54, 1.807) is 12.1 Å². The Bertz CT molecular complexity index is 1450. The molecule has 6 rings (SSSR count). The summed E-state index contributed by atoms with van der Waals surface area (Å²) in [6.45, 7) is 15.2. The van der Waals surface area contributed by atoms with Crippen molar-refractivity contribution < 1.29 is 14.6 Å². The van der Waals surface area contributed by atoms with Crippen LogP contribution in [-0.2, 0) is 13.1 Å². The largest absolute Gasteiger partial charge is 0.508 e. The maximum Gasteiger partial charge on any atom is 0.318 e. The molecule has 218 valence electrons. The van der Waals surface area contributed by atoms with Crippen LogP contribution in [0.15, 0.2) is 30.3 Å². The quantitative estimate of drug-likeness (QED) is 0.370. The molecule has 2 aromatic carbocycles. The molecule has 1 saturated carbocycles. The fourth-order valence-electron chi connectivity index (χ4n) is 6.67. The van der Waals surface area contributed by atoms with Crippen molar-refractivity contribution in [3.05, 3.63) is 52.7 Å². The number of rotatable bonds is 9. The van der Waals surface area contributed by atoms with Gasteiger partial charge in [-0.25, -0.2) is 0 Å². The molecule has 0 radical (unpaired) electrons. The second kappa shape index (κ2) is 11.1. The topological polar surface area (TPSA) is 82.0 Å². The summed E-state index contributed by atoms with van der Waals surface area (Å²) in [5.74, 6) is 1.50. The second-order valence-electron chi connectivity index (χ2n) is 12.5. The lowest BCUT2D eigenvalue weighted by Gasteiger charge is -2.33. The number of phenols is 1. The van der Waals surface area contributed by atoms with Crippen LogP contribution < -0.4 is 9.64 Å². The number of piperidine rings is 1. The minimum Gasteiger partial charge on any atom is -0.508 e. The number of hydrogen-bond donors (Lipinski definition) is 1. The molecule has 1 atom stereocenters. The average molecular weight is 558 g/mol. The predicted molar refractivity (Wildman–Crippen MR) is 162 cm³/mol. The number of phenolic OH excluding ortho intramolecular Hbond substituents is 1. The lowest BCUT2D eigenvalue weighted by atomic mass is 9.98. The van der Waals surface area contributed by atoms with Crippen LogP contribution in [0.25, 0.3) is 10.8 Å². The van der Waals surface area contributed by atoms with Crippen LogP contribution in [0.1, 0.15) is 73.6 Å². The summed E-state index contributed by atoms with van der Waals surface area (Å²) in [7, 11) is 0. The van der Waals surface area contributed by atoms with E-state index in [4.69, 9.17) is 14.7 Å². The number of anilines is 1. The van der Waals surface area contributed by atoms with Crippen molar-refractivity contribution in [2.24, 2.45) is 11.3 Å². The molecule has 1 aromatic heterocycles. The summed E-state index contributed by atoms with van der Waals surface area (Å²) in [4.78, 5) is 30.6. The standard InChI is InChI=1S/C33H43N5O3/c1-5-36(6-2)20-33(12-13-33)21-41-32-34-28-19-38(18-27(28)30(35-32)37-14-8-9-22(3)17-37)31(40)26-16-25(39)15-24-11-7-10-23(4)29(24)26/h7,10-11,15-16,22,39H,5-6,8-9,12-14,17-21H2,1-4H3. The van der Waals surface area contributed by atoms with Crippen molar-refractivity contribution in [1.29, 1.82) is 0 Å². The molecule has 1 amide bonds. The first-order chi connectivity index (χ1) is 19.8. The van der Waals surface area contributed by atoms with Crippen LogP contribution >= 0.6 is 0 Å². The number of fused-ring (bicyclic) bond motifs is 2. The highest BCUT2D eigenvalue weighted by Crippen LogP contribution is 2.46. The Hall–Kier alpha value is -3.39. The number of carbonyl (C=O) groups is 1. The Kier molecular flexibility index (Phi) is 7.53. The van der Waals surface area contributed by atoms with Gasteiger partial charge in [-0.05, 0) is 80.1 Å². The first-order valence-electron chi connectivity index (χ1n) is 15.3. The van der Waals surface area contributed by atoms with Gasteiger partial charge in [0.1, 0.15) is 11.6 Å². The number of aromatic hydroxyl groups is 1. The van der Waals surface area contributed by atoms with Crippen molar-refractivity contribution in [2.45, 2.75) is 66.5 Å². The zero-order valence-electron chi connectivity index (χ0n) is 24.9. The van der Waals surface area contributed by atoms with Gasteiger partial charge in [0.2, 0.25) is 0 Å². The summed E-state index contributed by atoms with van der Waals surface area (Å²) in [6, 6.07) is 9.64. The molecular weight excluding hydrogens is 514 g/mol. The van der Waals surface area contributed by atoms with Crippen molar-refractivity contribution in [2.75, 3.05) is 44.2 Å². The maximum atomic E-state index is 14.0. The fourth-order valence-corrected chi connectivity index (χ4v) is 6.67. The van der Waals surface area contributed by atoms with Crippen molar-refractivity contribution in [1.82, 2.24) is 19.8 Å². The molecule has 1 aliphatic carbocycles. The Morgan fingerprint density at radius 2 is 1.98 bits per heavy atom. The molecular formula is C33H43N5O3. The molecule has 41 heavy (non-hydrogen) atoms. The molecule has 1 N–H and O–H groups in total. The lowest BCUT2D eigenvalue weighted by molar-refractivity contribution is 0.0752. The van der Waals surface area contributed by atoms with Crippen LogP contribution in [0.2, 0.25) is 0 Å². The number of ether oxygens (including phenoxy) is 1. The molecule has 3 heterocycles. The van der Waals surface area contributed by atoms with Gasteiger partial charge in [0, 0.05) is 30.6 Å². The average Bonchev–Trinajstić information content (AvgIpc) is 3.60. The molecule has 2 fully saturated rings. The summed E-state index contributed by atoms with van der Waals surface area (Å²) in [5, 5.41) is 12.2. The fraction of sp³-hybridized carbons (Fsp3) is 0.545. The van der Waals surface area contributed by atoms with Crippen LogP contribution in [0, 0.1) is 18.3 Å². The number of hydrogen-bond acceptors (Lipinski definition) is 7. The van der Waals surface area contributed by atoms with Crippen molar-refractivity contribution in [3.8, 4) is 11.8 Å². The lowest BCUT2D eigenvalue weighted by Crippen LogP contribution is -2.36. The first kappa shape index (κ1) is 27.8. The second-order valence-corrected chi connectivity index (χ2v) is 12.5. The maximum absolute atomic E-state index is 14.0. The number of nitrogens with zero attached hydrogens (tertiary/aromatic N) is 5. The highest BCUT2D eigenvalue weighted by molar-refractivity contribution is 6.09. The third-order valence-corrected chi connectivity index (χ3v) is 9.30. The first-order valence-corrected chi connectivity index (χ1v) is 15.3. The van der Waals surface area contributed by atoms with E-state index in [1.807, 2.05) is 30.0 Å². The van der Waals surface area contributed by atoms with Crippen LogP contribution in [0.3, 0.4) is 0 Å². The Balaban J connectivity index is 1.29. The van der Waals surface area contributed by atoms with Gasteiger partial charge in [0.15, 0.2) is 0 Å². The van der Waals surface area contributed by atoms with Gasteiger partial charge < -0.3 is 24.5 Å². The number of carbonyl (C=O) groups excluding carboxylic acids is 1. The zero-order valence-corrected chi connectivity index (χ0v) is 24.9. The third kappa shape index (κ3) is 5.59. The summed E-state index contributed by atoms with van der Waals surface area (Å²) in [5.41, 5.74) is 3.61. The zero-order chi connectivity index (χ0) is 28.7. The molecule has 8 nitrogen and oxygen atoms in total. The van der Waals surface area contributed by atoms with Gasteiger partial charge in [-0.2, -0.15) is 9.97 Å². The van der Waals surface area contributed by atoms with E-state index in [9.17, 15) is 9.90 Å². The van der Waals surface area contributed by atoms with Crippen LogP contribution in [0.4, 0.5) is 5.82 Å². The van der Waals surface area contributed by atoms with Gasteiger partial charge in [0.05, 0.1) is 31.0 Å². The summed E-state index contributed by atoms with van der Waals surface area (Å²) in [6.07, 6.45) is 4.69. The van der Waals surface area contributed by atoms with Crippen LogP contribution in [-0.4, -0.2) is 70.1 Å². The van der Waals surface area contributed by atoms with E-state index in [0.29, 0.717) is 37.2 Å². The predicted octanol–water partition coefficient (Wildman–Crippen LogP) is 5.54. The van der Waals surface area contributed by atoms with E-state index in [1.165, 1.54) is 19.3 Å².